The van der Waals surface area contributed by atoms with Crippen LogP contribution in [0, 0.1) is 17.1 Å². The predicted molar refractivity (Wildman–Crippen MR) is 124 cm³/mol. The van der Waals surface area contributed by atoms with E-state index in [2.05, 4.69) is 21.3 Å². The molecule has 0 aliphatic rings. The minimum absolute atomic E-state index is 0.146. The summed E-state index contributed by atoms with van der Waals surface area (Å²) in [5, 5.41) is 18.6. The lowest BCUT2D eigenvalue weighted by Crippen LogP contribution is -2.14. The summed E-state index contributed by atoms with van der Waals surface area (Å²) in [6.45, 7) is 0.146. The maximum Gasteiger partial charge on any atom is 0.272 e. The van der Waals surface area contributed by atoms with Gasteiger partial charge in [0, 0.05) is 41.7 Å². The Labute approximate surface area is 182 Å². The Morgan fingerprint density at radius 3 is 2.66 bits per heavy atom. The van der Waals surface area contributed by atoms with Crippen molar-refractivity contribution in [2.24, 2.45) is 16.5 Å². The number of halogens is 1. The van der Waals surface area contributed by atoms with E-state index in [-0.39, 0.29) is 17.9 Å². The summed E-state index contributed by atoms with van der Waals surface area (Å²) in [4.78, 5) is 16.6. The summed E-state index contributed by atoms with van der Waals surface area (Å²) >= 11 is 0. The van der Waals surface area contributed by atoms with E-state index >= 15 is 0 Å². The van der Waals surface area contributed by atoms with Crippen molar-refractivity contribution in [1.29, 1.82) is 5.26 Å². The van der Waals surface area contributed by atoms with E-state index in [9.17, 15) is 14.4 Å². The lowest BCUT2D eigenvalue weighted by molar-refractivity contribution is 0.630. The molecule has 1 heterocycles. The highest BCUT2D eigenvalue weighted by Crippen LogP contribution is 2.29. The van der Waals surface area contributed by atoms with Gasteiger partial charge in [-0.2, -0.15) is 10.4 Å². The van der Waals surface area contributed by atoms with Gasteiger partial charge in [-0.15, -0.1) is 0 Å². The number of nitrogens with zero attached hydrogens (tertiary/aromatic N) is 3. The molecule has 0 aliphatic heterocycles. The third-order valence-corrected chi connectivity index (χ3v) is 5.37. The summed E-state index contributed by atoms with van der Waals surface area (Å²) in [7, 11) is 1.60. The molecule has 0 saturated heterocycles. The Balaban J connectivity index is 1.93. The van der Waals surface area contributed by atoms with Gasteiger partial charge in [0.05, 0.1) is 22.4 Å². The number of benzene rings is 3. The molecule has 7 nitrogen and oxygen atoms in total. The fourth-order valence-corrected chi connectivity index (χ4v) is 3.86. The van der Waals surface area contributed by atoms with Crippen molar-refractivity contribution in [3.63, 3.8) is 0 Å². The highest BCUT2D eigenvalue weighted by Gasteiger charge is 2.18. The van der Waals surface area contributed by atoms with E-state index in [1.807, 2.05) is 0 Å². The van der Waals surface area contributed by atoms with Gasteiger partial charge in [-0.25, -0.2) is 9.49 Å². The van der Waals surface area contributed by atoms with Crippen molar-refractivity contribution >= 4 is 32.8 Å². The standard InChI is InChI=1S/C24H19FN6O/c1-29-23(17-5-2-13-8-15(25)4-7-16(13)21(17)11-27)20(10-26)14-3-6-18-19(9-14)22(12-28)30-31-24(18)32/h2-10H,12,26,28H2,1H3,(H,31,32). The van der Waals surface area contributed by atoms with E-state index < -0.39 is 0 Å². The van der Waals surface area contributed by atoms with Crippen LogP contribution in [0.5, 0.6) is 0 Å². The van der Waals surface area contributed by atoms with Crippen LogP contribution in [0.4, 0.5) is 4.39 Å². The maximum absolute atomic E-state index is 13.6. The molecule has 32 heavy (non-hydrogen) atoms. The molecule has 4 aromatic rings. The van der Waals surface area contributed by atoms with Crippen molar-refractivity contribution < 1.29 is 4.39 Å². The Morgan fingerprint density at radius 1 is 1.19 bits per heavy atom. The molecule has 0 radical (unpaired) electrons. The first-order valence-electron chi connectivity index (χ1n) is 9.76. The molecule has 3 aromatic carbocycles. The highest BCUT2D eigenvalue weighted by atomic mass is 19.1. The van der Waals surface area contributed by atoms with Gasteiger partial charge in [0.2, 0.25) is 0 Å². The first kappa shape index (κ1) is 20.9. The molecule has 0 unspecified atom stereocenters. The number of nitrogens with two attached hydrogens (primary N) is 2. The zero-order valence-corrected chi connectivity index (χ0v) is 17.2. The predicted octanol–water partition coefficient (Wildman–Crippen LogP) is 2.96. The fourth-order valence-electron chi connectivity index (χ4n) is 3.86. The first-order valence-corrected chi connectivity index (χ1v) is 9.76. The molecule has 158 valence electrons. The Hall–Kier alpha value is -4.35. The van der Waals surface area contributed by atoms with E-state index in [0.717, 1.165) is 0 Å². The number of allylic oxidation sites excluding steroid dienone is 1. The average molecular weight is 426 g/mol. The lowest BCUT2D eigenvalue weighted by Gasteiger charge is -2.15. The van der Waals surface area contributed by atoms with Crippen LogP contribution in [0.3, 0.4) is 0 Å². The highest BCUT2D eigenvalue weighted by molar-refractivity contribution is 6.33. The monoisotopic (exact) mass is 426 g/mol. The van der Waals surface area contributed by atoms with Crippen LogP contribution in [-0.4, -0.2) is 23.0 Å². The number of nitrogens with one attached hydrogen (secondary N) is 1. The second-order valence-corrected chi connectivity index (χ2v) is 7.08. The zero-order valence-electron chi connectivity index (χ0n) is 17.2. The van der Waals surface area contributed by atoms with E-state index in [1.54, 1.807) is 43.4 Å². The van der Waals surface area contributed by atoms with Crippen LogP contribution < -0.4 is 17.0 Å². The lowest BCUT2D eigenvalue weighted by atomic mass is 9.90. The van der Waals surface area contributed by atoms with E-state index in [0.29, 0.717) is 55.2 Å². The number of aromatic nitrogens is 2. The van der Waals surface area contributed by atoms with Gasteiger partial charge < -0.3 is 11.5 Å². The van der Waals surface area contributed by atoms with Crippen molar-refractivity contribution in [1.82, 2.24) is 10.2 Å². The molecule has 0 saturated carbocycles. The Bertz CT molecular complexity index is 1530. The van der Waals surface area contributed by atoms with Gasteiger partial charge in [0.1, 0.15) is 11.9 Å². The van der Waals surface area contributed by atoms with Crippen molar-refractivity contribution in [3.8, 4) is 6.07 Å². The molecule has 0 aliphatic carbocycles. The second-order valence-electron chi connectivity index (χ2n) is 7.08. The third-order valence-electron chi connectivity index (χ3n) is 5.37. The topological polar surface area (TPSA) is 134 Å². The summed E-state index contributed by atoms with van der Waals surface area (Å²) < 4.78 is 13.6. The number of nitriles is 1. The zero-order chi connectivity index (χ0) is 22.8. The maximum atomic E-state index is 13.6. The molecule has 0 atom stereocenters. The van der Waals surface area contributed by atoms with Crippen LogP contribution in [-0.2, 0) is 6.54 Å². The number of hydrogen-bond acceptors (Lipinski definition) is 6. The van der Waals surface area contributed by atoms with Crippen LogP contribution in [0.15, 0.2) is 64.5 Å². The van der Waals surface area contributed by atoms with Crippen molar-refractivity contribution in [2.45, 2.75) is 6.54 Å². The van der Waals surface area contributed by atoms with Crippen LogP contribution in [0.2, 0.25) is 0 Å². The number of aliphatic imine (C=N–C) groups is 1. The molecule has 0 spiro atoms. The average Bonchev–Trinajstić information content (AvgIpc) is 2.81. The SMILES string of the molecule is CN=C(C(=CN)c1ccc2c(=O)[nH]nc(CN)c2c1)c1ccc2cc(F)ccc2c1C#N. The Morgan fingerprint density at radius 2 is 1.97 bits per heavy atom. The van der Waals surface area contributed by atoms with Gasteiger partial charge >= 0.3 is 0 Å². The molecule has 1 aromatic heterocycles. The molecule has 0 bridgehead atoms. The fraction of sp³-hybridized carbons (Fsp3) is 0.0833. The van der Waals surface area contributed by atoms with Gasteiger partial charge in [0.15, 0.2) is 0 Å². The largest absolute Gasteiger partial charge is 0.404 e. The quantitative estimate of drug-likeness (QED) is 0.431. The van der Waals surface area contributed by atoms with Crippen LogP contribution >= 0.6 is 0 Å². The van der Waals surface area contributed by atoms with Gasteiger partial charge in [-0.1, -0.05) is 24.3 Å². The summed E-state index contributed by atoms with van der Waals surface area (Å²) in [6, 6.07) is 15.2. The minimum atomic E-state index is -0.378. The molecule has 4 rings (SSSR count). The summed E-state index contributed by atoms with van der Waals surface area (Å²) in [6.07, 6.45) is 1.40. The van der Waals surface area contributed by atoms with Crippen LogP contribution in [0.1, 0.15) is 22.4 Å². The van der Waals surface area contributed by atoms with Crippen molar-refractivity contribution in [2.75, 3.05) is 7.05 Å². The van der Waals surface area contributed by atoms with Gasteiger partial charge in [-0.3, -0.25) is 9.79 Å². The van der Waals surface area contributed by atoms with E-state index in [1.165, 1.54) is 18.3 Å². The van der Waals surface area contributed by atoms with Gasteiger partial charge in [-0.05, 0) is 35.2 Å². The second kappa shape index (κ2) is 8.41. The Kier molecular flexibility index (Phi) is 5.50. The minimum Gasteiger partial charge on any atom is -0.404 e. The molecule has 5 N–H and O–H groups in total. The summed E-state index contributed by atoms with van der Waals surface area (Å²) in [5.41, 5.74) is 14.7. The normalized spacial score (nSPS) is 12.3. The molecule has 8 heteroatoms. The number of hydrogen-bond donors (Lipinski definition) is 3. The number of fused-ring (bicyclic) bond motifs is 2. The van der Waals surface area contributed by atoms with Crippen molar-refractivity contribution in [3.05, 3.63) is 93.3 Å². The molecule has 0 amide bonds. The number of rotatable bonds is 4. The van der Waals surface area contributed by atoms with E-state index in [4.69, 9.17) is 11.5 Å². The van der Waals surface area contributed by atoms with Gasteiger partial charge in [0.25, 0.3) is 5.56 Å². The number of aromatic amines is 1. The first-order chi connectivity index (χ1) is 15.5. The molecular weight excluding hydrogens is 407 g/mol. The third kappa shape index (κ3) is 3.41. The smallest absolute Gasteiger partial charge is 0.272 e. The molecular formula is C24H19FN6O. The van der Waals surface area contributed by atoms with Crippen LogP contribution in [0.25, 0.3) is 27.1 Å². The summed E-state index contributed by atoms with van der Waals surface area (Å²) in [5.74, 6) is -0.378. The molecule has 0 fully saturated rings. The number of H-pyrrole nitrogens is 1.